The molecule has 3 nitrogen and oxygen atoms in total. The zero-order chi connectivity index (χ0) is 10.7. The molecule has 2 heterocycles. The maximum Gasteiger partial charge on any atom is 0.135 e. The fourth-order valence-electron chi connectivity index (χ4n) is 2.27. The summed E-state index contributed by atoms with van der Waals surface area (Å²) in [6, 6.07) is 4.45. The van der Waals surface area contributed by atoms with E-state index >= 15 is 0 Å². The Morgan fingerprint density at radius 2 is 2.47 bits per heavy atom. The SMILES string of the molecule is CCNC1CCOC(C)(c2ccco2)C1. The van der Waals surface area contributed by atoms with Crippen LogP contribution < -0.4 is 5.32 Å². The van der Waals surface area contributed by atoms with Gasteiger partial charge in [0, 0.05) is 12.6 Å². The summed E-state index contributed by atoms with van der Waals surface area (Å²) < 4.78 is 11.3. The van der Waals surface area contributed by atoms with Crippen LogP contribution in [0.3, 0.4) is 0 Å². The van der Waals surface area contributed by atoms with Crippen molar-refractivity contribution >= 4 is 0 Å². The van der Waals surface area contributed by atoms with E-state index in [2.05, 4.69) is 19.2 Å². The van der Waals surface area contributed by atoms with E-state index in [1.165, 1.54) is 0 Å². The maximum atomic E-state index is 5.85. The highest BCUT2D eigenvalue weighted by molar-refractivity contribution is 5.10. The molecule has 1 fully saturated rings. The minimum absolute atomic E-state index is 0.255. The van der Waals surface area contributed by atoms with Crippen LogP contribution >= 0.6 is 0 Å². The number of nitrogens with one attached hydrogen (secondary N) is 1. The third-order valence-electron chi connectivity index (χ3n) is 3.06. The molecule has 1 aromatic heterocycles. The molecule has 15 heavy (non-hydrogen) atoms. The van der Waals surface area contributed by atoms with Gasteiger partial charge >= 0.3 is 0 Å². The molecule has 1 aromatic rings. The number of hydrogen-bond donors (Lipinski definition) is 1. The summed E-state index contributed by atoms with van der Waals surface area (Å²) in [5.41, 5.74) is -0.255. The van der Waals surface area contributed by atoms with Gasteiger partial charge in [-0.1, -0.05) is 6.92 Å². The molecule has 2 unspecified atom stereocenters. The van der Waals surface area contributed by atoms with Gasteiger partial charge in [-0.25, -0.2) is 0 Å². The van der Waals surface area contributed by atoms with E-state index in [4.69, 9.17) is 9.15 Å². The Morgan fingerprint density at radius 1 is 1.60 bits per heavy atom. The highest BCUT2D eigenvalue weighted by Gasteiger charge is 2.36. The molecule has 1 aliphatic heterocycles. The standard InChI is InChI=1S/C12H19NO2/c1-3-13-10-6-8-15-12(2,9-10)11-5-4-7-14-11/h4-5,7,10,13H,3,6,8-9H2,1-2H3. The summed E-state index contributed by atoms with van der Waals surface area (Å²) in [4.78, 5) is 0. The van der Waals surface area contributed by atoms with Crippen molar-refractivity contribution in [2.24, 2.45) is 0 Å². The highest BCUT2D eigenvalue weighted by atomic mass is 16.5. The monoisotopic (exact) mass is 209 g/mol. The molecule has 0 radical (unpaired) electrons. The zero-order valence-corrected chi connectivity index (χ0v) is 9.45. The van der Waals surface area contributed by atoms with Gasteiger partial charge in [-0.3, -0.25) is 0 Å². The van der Waals surface area contributed by atoms with Crippen molar-refractivity contribution in [3.05, 3.63) is 24.2 Å². The third kappa shape index (κ3) is 2.24. The lowest BCUT2D eigenvalue weighted by molar-refractivity contribution is -0.0934. The van der Waals surface area contributed by atoms with Gasteiger partial charge in [0.1, 0.15) is 11.4 Å². The first-order valence-corrected chi connectivity index (χ1v) is 5.66. The van der Waals surface area contributed by atoms with E-state index in [-0.39, 0.29) is 5.60 Å². The Morgan fingerprint density at radius 3 is 3.13 bits per heavy atom. The van der Waals surface area contributed by atoms with Gasteiger partial charge in [0.05, 0.1) is 6.26 Å². The number of ether oxygens (including phenoxy) is 1. The molecule has 84 valence electrons. The Labute approximate surface area is 90.8 Å². The van der Waals surface area contributed by atoms with Gasteiger partial charge in [-0.15, -0.1) is 0 Å². The Balaban J connectivity index is 2.08. The van der Waals surface area contributed by atoms with Crippen molar-refractivity contribution in [2.75, 3.05) is 13.2 Å². The lowest BCUT2D eigenvalue weighted by Crippen LogP contribution is -2.43. The Hall–Kier alpha value is -0.800. The Kier molecular flexibility index (Phi) is 3.12. The molecule has 2 rings (SSSR count). The summed E-state index contributed by atoms with van der Waals surface area (Å²) in [5.74, 6) is 0.935. The number of furan rings is 1. The van der Waals surface area contributed by atoms with E-state index in [0.717, 1.165) is 31.8 Å². The second-order valence-corrected chi connectivity index (χ2v) is 4.30. The first-order chi connectivity index (χ1) is 7.24. The maximum absolute atomic E-state index is 5.85. The molecule has 1 N–H and O–H groups in total. The van der Waals surface area contributed by atoms with Crippen molar-refractivity contribution in [3.8, 4) is 0 Å². The minimum atomic E-state index is -0.255. The van der Waals surface area contributed by atoms with E-state index in [1.54, 1.807) is 6.26 Å². The fourth-order valence-corrected chi connectivity index (χ4v) is 2.27. The molecule has 3 heteroatoms. The molecule has 1 aliphatic rings. The summed E-state index contributed by atoms with van der Waals surface area (Å²) >= 11 is 0. The van der Waals surface area contributed by atoms with Crippen LogP contribution in [0.1, 0.15) is 32.4 Å². The van der Waals surface area contributed by atoms with Crippen LogP contribution in [0.4, 0.5) is 0 Å². The van der Waals surface area contributed by atoms with Crippen LogP contribution in [0.5, 0.6) is 0 Å². The van der Waals surface area contributed by atoms with Gasteiger partial charge in [0.15, 0.2) is 0 Å². The first kappa shape index (κ1) is 10.7. The molecule has 0 aromatic carbocycles. The second kappa shape index (κ2) is 4.37. The fraction of sp³-hybridized carbons (Fsp3) is 0.667. The van der Waals surface area contributed by atoms with Crippen molar-refractivity contribution < 1.29 is 9.15 Å². The average molecular weight is 209 g/mol. The molecule has 1 saturated heterocycles. The number of rotatable bonds is 3. The van der Waals surface area contributed by atoms with E-state index < -0.39 is 0 Å². The van der Waals surface area contributed by atoms with Crippen LogP contribution in [0, 0.1) is 0 Å². The summed E-state index contributed by atoms with van der Waals surface area (Å²) in [5, 5.41) is 3.48. The van der Waals surface area contributed by atoms with Crippen LogP contribution in [0.2, 0.25) is 0 Å². The number of hydrogen-bond acceptors (Lipinski definition) is 3. The zero-order valence-electron chi connectivity index (χ0n) is 9.45. The quantitative estimate of drug-likeness (QED) is 0.829. The minimum Gasteiger partial charge on any atom is -0.466 e. The molecule has 0 amide bonds. The molecule has 2 atom stereocenters. The van der Waals surface area contributed by atoms with Gasteiger partial charge in [-0.05, 0) is 38.4 Å². The molecular formula is C12H19NO2. The molecule has 0 spiro atoms. The predicted octanol–water partition coefficient (Wildman–Crippen LogP) is 2.28. The lowest BCUT2D eigenvalue weighted by Gasteiger charge is -2.37. The van der Waals surface area contributed by atoms with E-state index in [0.29, 0.717) is 6.04 Å². The lowest BCUT2D eigenvalue weighted by atomic mass is 9.90. The smallest absolute Gasteiger partial charge is 0.135 e. The van der Waals surface area contributed by atoms with E-state index in [1.807, 2.05) is 12.1 Å². The first-order valence-electron chi connectivity index (χ1n) is 5.66. The molecule has 0 aliphatic carbocycles. The summed E-state index contributed by atoms with van der Waals surface area (Å²) in [7, 11) is 0. The van der Waals surface area contributed by atoms with Crippen molar-refractivity contribution in [3.63, 3.8) is 0 Å². The second-order valence-electron chi connectivity index (χ2n) is 4.30. The van der Waals surface area contributed by atoms with Crippen LogP contribution in [0.25, 0.3) is 0 Å². The molecule has 0 saturated carbocycles. The van der Waals surface area contributed by atoms with Crippen molar-refractivity contribution in [1.82, 2.24) is 5.32 Å². The van der Waals surface area contributed by atoms with Crippen molar-refractivity contribution in [1.29, 1.82) is 0 Å². The largest absolute Gasteiger partial charge is 0.466 e. The van der Waals surface area contributed by atoms with Crippen LogP contribution in [-0.4, -0.2) is 19.2 Å². The molecular weight excluding hydrogens is 190 g/mol. The normalized spacial score (nSPS) is 31.7. The Bertz CT molecular complexity index is 295. The van der Waals surface area contributed by atoms with Gasteiger partial charge in [0.25, 0.3) is 0 Å². The van der Waals surface area contributed by atoms with E-state index in [9.17, 15) is 0 Å². The van der Waals surface area contributed by atoms with Crippen molar-refractivity contribution in [2.45, 2.75) is 38.3 Å². The topological polar surface area (TPSA) is 34.4 Å². The third-order valence-corrected chi connectivity index (χ3v) is 3.06. The summed E-state index contributed by atoms with van der Waals surface area (Å²) in [6.07, 6.45) is 3.78. The van der Waals surface area contributed by atoms with Gasteiger partial charge < -0.3 is 14.5 Å². The molecule has 0 bridgehead atoms. The highest BCUT2D eigenvalue weighted by Crippen LogP contribution is 2.34. The average Bonchev–Trinajstić information content (AvgIpc) is 2.71. The predicted molar refractivity (Wildman–Crippen MR) is 58.7 cm³/mol. The van der Waals surface area contributed by atoms with Gasteiger partial charge in [0.2, 0.25) is 0 Å². The summed E-state index contributed by atoms with van der Waals surface area (Å²) in [6.45, 7) is 6.06. The van der Waals surface area contributed by atoms with Crippen LogP contribution in [0.15, 0.2) is 22.8 Å². The van der Waals surface area contributed by atoms with Gasteiger partial charge in [-0.2, -0.15) is 0 Å². The van der Waals surface area contributed by atoms with Crippen LogP contribution in [-0.2, 0) is 10.3 Å².